The number of hydrogen-bond donors (Lipinski definition) is 1. The van der Waals surface area contributed by atoms with Crippen molar-refractivity contribution in [1.82, 2.24) is 4.90 Å². The first kappa shape index (κ1) is 13.5. The molecular weight excluding hydrogens is 174 g/mol. The standard InChI is InChI=1S/C12H23NO/c1-6-13(7-2)10-8-9-12(5,14)11(3)4/h11,14H,6-7,10H2,1-5H3. The van der Waals surface area contributed by atoms with Gasteiger partial charge in [0.05, 0.1) is 6.54 Å². The van der Waals surface area contributed by atoms with Crippen LogP contribution in [0.2, 0.25) is 0 Å². The highest BCUT2D eigenvalue weighted by molar-refractivity contribution is 5.14. The van der Waals surface area contributed by atoms with Crippen molar-refractivity contribution >= 4 is 0 Å². The zero-order chi connectivity index (χ0) is 11.2. The SMILES string of the molecule is CCN(CC)CC#CC(C)(O)C(C)C. The fraction of sp³-hybridized carbons (Fsp3) is 0.833. The molecule has 0 spiro atoms. The maximum atomic E-state index is 9.86. The third-order valence-electron chi connectivity index (χ3n) is 2.66. The second-order valence-corrected chi connectivity index (χ2v) is 4.07. The summed E-state index contributed by atoms with van der Waals surface area (Å²) in [7, 11) is 0. The maximum absolute atomic E-state index is 9.86. The summed E-state index contributed by atoms with van der Waals surface area (Å²) < 4.78 is 0. The van der Waals surface area contributed by atoms with Crippen molar-refractivity contribution in [2.24, 2.45) is 5.92 Å². The topological polar surface area (TPSA) is 23.5 Å². The second-order valence-electron chi connectivity index (χ2n) is 4.07. The number of hydrogen-bond acceptors (Lipinski definition) is 2. The Hall–Kier alpha value is -0.520. The Bertz CT molecular complexity index is 206. The van der Waals surface area contributed by atoms with Gasteiger partial charge in [-0.05, 0) is 25.9 Å². The van der Waals surface area contributed by atoms with Crippen LogP contribution in [0.1, 0.15) is 34.6 Å². The van der Waals surface area contributed by atoms with Crippen molar-refractivity contribution in [1.29, 1.82) is 0 Å². The predicted octanol–water partition coefficient (Wildman–Crippen LogP) is 1.74. The van der Waals surface area contributed by atoms with Gasteiger partial charge in [-0.1, -0.05) is 39.5 Å². The van der Waals surface area contributed by atoms with Crippen molar-refractivity contribution in [2.45, 2.75) is 40.2 Å². The molecule has 14 heavy (non-hydrogen) atoms. The van der Waals surface area contributed by atoms with Crippen LogP contribution in [0.25, 0.3) is 0 Å². The fourth-order valence-electron chi connectivity index (χ4n) is 0.922. The molecule has 1 N–H and O–H groups in total. The molecule has 0 aliphatic carbocycles. The van der Waals surface area contributed by atoms with Gasteiger partial charge in [0.25, 0.3) is 0 Å². The lowest BCUT2D eigenvalue weighted by atomic mass is 9.93. The van der Waals surface area contributed by atoms with Crippen LogP contribution in [-0.2, 0) is 0 Å². The molecule has 0 fully saturated rings. The first-order valence-electron chi connectivity index (χ1n) is 5.38. The van der Waals surface area contributed by atoms with E-state index in [2.05, 4.69) is 30.6 Å². The van der Waals surface area contributed by atoms with E-state index in [9.17, 15) is 5.11 Å². The van der Waals surface area contributed by atoms with Gasteiger partial charge in [-0.25, -0.2) is 0 Å². The van der Waals surface area contributed by atoms with Crippen LogP contribution in [0.15, 0.2) is 0 Å². The highest BCUT2D eigenvalue weighted by atomic mass is 16.3. The minimum absolute atomic E-state index is 0.173. The normalized spacial score (nSPS) is 15.1. The molecule has 0 amide bonds. The summed E-state index contributed by atoms with van der Waals surface area (Å²) in [5.74, 6) is 6.13. The van der Waals surface area contributed by atoms with E-state index in [0.29, 0.717) is 0 Å². The Kier molecular flexibility index (Phi) is 5.83. The lowest BCUT2D eigenvalue weighted by molar-refractivity contribution is 0.0725. The molecular formula is C12H23NO. The first-order chi connectivity index (χ1) is 6.44. The molecule has 0 aliphatic rings. The minimum Gasteiger partial charge on any atom is -0.378 e. The zero-order valence-electron chi connectivity index (χ0n) is 10.1. The van der Waals surface area contributed by atoms with Crippen molar-refractivity contribution in [2.75, 3.05) is 19.6 Å². The molecule has 2 nitrogen and oxygen atoms in total. The molecule has 82 valence electrons. The summed E-state index contributed by atoms with van der Waals surface area (Å²) in [6.45, 7) is 12.7. The fourth-order valence-corrected chi connectivity index (χ4v) is 0.922. The van der Waals surface area contributed by atoms with Gasteiger partial charge in [-0.2, -0.15) is 0 Å². The predicted molar refractivity (Wildman–Crippen MR) is 61.0 cm³/mol. The Labute approximate surface area is 88.3 Å². The maximum Gasteiger partial charge on any atom is 0.125 e. The molecule has 0 heterocycles. The third-order valence-corrected chi connectivity index (χ3v) is 2.66. The van der Waals surface area contributed by atoms with Gasteiger partial charge in [0, 0.05) is 0 Å². The van der Waals surface area contributed by atoms with Crippen LogP contribution in [0, 0.1) is 17.8 Å². The highest BCUT2D eigenvalue weighted by Gasteiger charge is 2.21. The molecule has 0 rings (SSSR count). The smallest absolute Gasteiger partial charge is 0.125 e. The van der Waals surface area contributed by atoms with Crippen LogP contribution in [-0.4, -0.2) is 35.2 Å². The van der Waals surface area contributed by atoms with E-state index in [1.807, 2.05) is 13.8 Å². The largest absolute Gasteiger partial charge is 0.378 e. The molecule has 0 saturated heterocycles. The van der Waals surface area contributed by atoms with Crippen molar-refractivity contribution < 1.29 is 5.11 Å². The minimum atomic E-state index is -0.854. The van der Waals surface area contributed by atoms with E-state index in [4.69, 9.17) is 0 Å². The number of rotatable bonds is 4. The van der Waals surface area contributed by atoms with Gasteiger partial charge in [0.1, 0.15) is 5.60 Å². The molecule has 0 aromatic rings. The summed E-state index contributed by atoms with van der Waals surface area (Å²) in [5, 5.41) is 9.86. The molecule has 0 radical (unpaired) electrons. The lowest BCUT2D eigenvalue weighted by Crippen LogP contribution is -2.29. The van der Waals surface area contributed by atoms with Gasteiger partial charge in [0.15, 0.2) is 0 Å². The summed E-state index contributed by atoms with van der Waals surface area (Å²) in [6.07, 6.45) is 0. The monoisotopic (exact) mass is 197 g/mol. The lowest BCUT2D eigenvalue weighted by Gasteiger charge is -2.21. The van der Waals surface area contributed by atoms with E-state index >= 15 is 0 Å². The van der Waals surface area contributed by atoms with Crippen LogP contribution in [0.4, 0.5) is 0 Å². The zero-order valence-corrected chi connectivity index (χ0v) is 10.1. The summed E-state index contributed by atoms with van der Waals surface area (Å²) in [4.78, 5) is 2.23. The molecule has 0 saturated carbocycles. The second kappa shape index (κ2) is 6.06. The summed E-state index contributed by atoms with van der Waals surface area (Å²) in [5.41, 5.74) is -0.854. The van der Waals surface area contributed by atoms with E-state index < -0.39 is 5.60 Å². The van der Waals surface area contributed by atoms with Crippen LogP contribution in [0.5, 0.6) is 0 Å². The molecule has 1 unspecified atom stereocenters. The number of nitrogens with zero attached hydrogens (tertiary/aromatic N) is 1. The molecule has 0 aromatic carbocycles. The van der Waals surface area contributed by atoms with Crippen molar-refractivity contribution in [3.8, 4) is 11.8 Å². The van der Waals surface area contributed by atoms with Crippen LogP contribution >= 0.6 is 0 Å². The Morgan fingerprint density at radius 2 is 1.79 bits per heavy atom. The third kappa shape index (κ3) is 4.64. The average molecular weight is 197 g/mol. The highest BCUT2D eigenvalue weighted by Crippen LogP contribution is 2.13. The molecule has 0 aromatic heterocycles. The molecule has 0 bridgehead atoms. The van der Waals surface area contributed by atoms with Gasteiger partial charge in [-0.15, -0.1) is 0 Å². The quantitative estimate of drug-likeness (QED) is 0.694. The summed E-state index contributed by atoms with van der Waals surface area (Å²) in [6, 6.07) is 0. The Morgan fingerprint density at radius 3 is 2.14 bits per heavy atom. The van der Waals surface area contributed by atoms with Crippen molar-refractivity contribution in [3.63, 3.8) is 0 Å². The summed E-state index contributed by atoms with van der Waals surface area (Å²) >= 11 is 0. The van der Waals surface area contributed by atoms with Gasteiger partial charge in [0.2, 0.25) is 0 Å². The van der Waals surface area contributed by atoms with Gasteiger partial charge in [-0.3, -0.25) is 4.90 Å². The van der Waals surface area contributed by atoms with Gasteiger partial charge < -0.3 is 5.11 Å². The van der Waals surface area contributed by atoms with Crippen molar-refractivity contribution in [3.05, 3.63) is 0 Å². The molecule has 1 atom stereocenters. The average Bonchev–Trinajstić information content (AvgIpc) is 2.12. The van der Waals surface area contributed by atoms with Gasteiger partial charge >= 0.3 is 0 Å². The van der Waals surface area contributed by atoms with E-state index in [0.717, 1.165) is 19.6 Å². The molecule has 0 aliphatic heterocycles. The number of aliphatic hydroxyl groups is 1. The van der Waals surface area contributed by atoms with E-state index in [1.165, 1.54) is 0 Å². The van der Waals surface area contributed by atoms with Crippen LogP contribution < -0.4 is 0 Å². The first-order valence-corrected chi connectivity index (χ1v) is 5.38. The van der Waals surface area contributed by atoms with E-state index in [-0.39, 0.29) is 5.92 Å². The van der Waals surface area contributed by atoms with Crippen LogP contribution in [0.3, 0.4) is 0 Å². The Balaban J connectivity index is 4.16. The Morgan fingerprint density at radius 1 is 1.29 bits per heavy atom. The molecule has 2 heteroatoms. The van der Waals surface area contributed by atoms with E-state index in [1.54, 1.807) is 6.92 Å².